The lowest BCUT2D eigenvalue weighted by atomic mass is 10.1. The quantitative estimate of drug-likeness (QED) is 0.0945. The van der Waals surface area contributed by atoms with Crippen molar-refractivity contribution in [2.75, 3.05) is 5.75 Å². The van der Waals surface area contributed by atoms with Crippen molar-refractivity contribution >= 4 is 33.6 Å². The molecule has 1 heterocycles. The third kappa shape index (κ3) is 6.33. The number of hydrogen-bond donors (Lipinski definition) is 0. The van der Waals surface area contributed by atoms with Crippen LogP contribution in [0, 0.1) is 0 Å². The fourth-order valence-electron chi connectivity index (χ4n) is 3.88. The van der Waals surface area contributed by atoms with E-state index in [-0.39, 0.29) is 5.63 Å². The minimum absolute atomic E-state index is 0.253. The van der Waals surface area contributed by atoms with Gasteiger partial charge < -0.3 is 4.42 Å². The molecule has 0 aliphatic carbocycles. The topological polar surface area (TPSA) is 30.2 Å². The first-order valence-corrected chi connectivity index (χ1v) is 14.0. The molecule has 0 saturated heterocycles. The summed E-state index contributed by atoms with van der Waals surface area (Å²) in [6.45, 7) is 2.25. The summed E-state index contributed by atoms with van der Waals surface area (Å²) < 4.78 is 5.87. The van der Waals surface area contributed by atoms with Gasteiger partial charge in [-0.15, -0.1) is 11.8 Å². The maximum atomic E-state index is 13.2. The van der Waals surface area contributed by atoms with E-state index in [0.29, 0.717) is 10.5 Å². The molecule has 1 aromatic heterocycles. The molecule has 0 amide bonds. The van der Waals surface area contributed by atoms with Gasteiger partial charge in [-0.1, -0.05) is 75.4 Å². The Morgan fingerprint density at radius 2 is 1.39 bits per heavy atom. The zero-order valence-corrected chi connectivity index (χ0v) is 20.8. The first kappa shape index (κ1) is 23.7. The van der Waals surface area contributed by atoms with Crippen LogP contribution in [0.1, 0.15) is 45.4 Å². The van der Waals surface area contributed by atoms with E-state index >= 15 is 0 Å². The molecule has 0 aliphatic rings. The Balaban J connectivity index is 1.56. The molecule has 4 aromatic rings. The Labute approximate surface area is 203 Å². The second-order valence-corrected chi connectivity index (χ2v) is 11.3. The summed E-state index contributed by atoms with van der Waals surface area (Å²) in [5.74, 6) is 1.10. The van der Waals surface area contributed by atoms with E-state index in [2.05, 4.69) is 43.3 Å². The maximum absolute atomic E-state index is 13.2. The van der Waals surface area contributed by atoms with Crippen LogP contribution < -0.4 is 5.63 Å². The summed E-state index contributed by atoms with van der Waals surface area (Å²) in [5, 5.41) is 0.970. The molecule has 0 radical (unpaired) electrons. The average Bonchev–Trinajstić information content (AvgIpc) is 2.85. The summed E-state index contributed by atoms with van der Waals surface area (Å²) in [7, 11) is -0.509. The van der Waals surface area contributed by atoms with Gasteiger partial charge in [0.05, 0.1) is 0 Å². The first-order chi connectivity index (χ1) is 16.3. The van der Waals surface area contributed by atoms with Crippen LogP contribution in [0.15, 0.2) is 114 Å². The summed E-state index contributed by atoms with van der Waals surface area (Å²) >= 11 is 1.85. The Morgan fingerprint density at radius 1 is 0.758 bits per heavy atom. The zero-order valence-electron chi connectivity index (χ0n) is 19.2. The molecule has 2 nitrogen and oxygen atoms in total. The van der Waals surface area contributed by atoms with Crippen LogP contribution in [-0.2, 0) is 10.9 Å². The van der Waals surface area contributed by atoms with Gasteiger partial charge in [0.1, 0.15) is 16.5 Å². The number of benzene rings is 3. The monoisotopic (exact) mass is 475 g/mol. The summed E-state index contributed by atoms with van der Waals surface area (Å²) in [5.41, 5.74) is 0.415. The minimum atomic E-state index is -0.509. The highest BCUT2D eigenvalue weighted by Crippen LogP contribution is 2.32. The molecule has 3 aromatic carbocycles. The van der Waals surface area contributed by atoms with Gasteiger partial charge in [0.15, 0.2) is 9.79 Å². The number of unbranched alkanes of at least 4 members (excludes halogenated alkanes) is 5. The van der Waals surface area contributed by atoms with Crippen LogP contribution in [0.25, 0.3) is 11.0 Å². The van der Waals surface area contributed by atoms with E-state index < -0.39 is 10.9 Å². The van der Waals surface area contributed by atoms with Gasteiger partial charge in [-0.25, -0.2) is 4.79 Å². The Kier molecular flexibility index (Phi) is 8.73. The van der Waals surface area contributed by atoms with Crippen LogP contribution in [0.2, 0.25) is 0 Å². The summed E-state index contributed by atoms with van der Waals surface area (Å²) in [6, 6.07) is 28.7. The molecular formula is C29H31O2S2+. The molecule has 0 bridgehead atoms. The largest absolute Gasteiger partial charge is 0.419 e. The van der Waals surface area contributed by atoms with Crippen LogP contribution in [-0.4, -0.2) is 5.75 Å². The molecule has 0 N–H and O–H groups in total. The van der Waals surface area contributed by atoms with Gasteiger partial charge in [-0.05, 0) is 54.6 Å². The molecule has 170 valence electrons. The van der Waals surface area contributed by atoms with Crippen molar-refractivity contribution in [1.82, 2.24) is 0 Å². The lowest BCUT2D eigenvalue weighted by Gasteiger charge is -2.08. The molecule has 4 rings (SSSR count). The van der Waals surface area contributed by atoms with Gasteiger partial charge >= 0.3 is 5.63 Å². The van der Waals surface area contributed by atoms with Crippen molar-refractivity contribution in [3.8, 4) is 0 Å². The molecule has 0 unspecified atom stereocenters. The minimum Gasteiger partial charge on any atom is -0.419 e. The predicted molar refractivity (Wildman–Crippen MR) is 142 cm³/mol. The van der Waals surface area contributed by atoms with E-state index in [4.69, 9.17) is 4.42 Å². The molecule has 0 saturated carbocycles. The third-order valence-electron chi connectivity index (χ3n) is 5.62. The van der Waals surface area contributed by atoms with E-state index in [9.17, 15) is 4.79 Å². The normalized spacial score (nSPS) is 11.3. The van der Waals surface area contributed by atoms with Crippen molar-refractivity contribution in [2.24, 2.45) is 0 Å². The Hall–Kier alpha value is -2.43. The van der Waals surface area contributed by atoms with Gasteiger partial charge in [0.2, 0.25) is 0 Å². The first-order valence-electron chi connectivity index (χ1n) is 11.8. The second kappa shape index (κ2) is 12.2. The van der Waals surface area contributed by atoms with Gasteiger partial charge in [0.25, 0.3) is 4.90 Å². The van der Waals surface area contributed by atoms with Crippen molar-refractivity contribution in [3.05, 3.63) is 95.3 Å². The standard InChI is InChI=1S/C29H31O2S2/c1-2-3-4-5-6-13-20-32-24-19-18-23-21-28(29(30)31-27(23)22-24)33(25-14-9-7-10-15-25)26-16-11-8-12-17-26/h7-12,14-19,21-22H,2-6,13,20H2,1H3/q+1. The molecule has 0 fully saturated rings. The van der Waals surface area contributed by atoms with Crippen LogP contribution in [0.4, 0.5) is 0 Å². The van der Waals surface area contributed by atoms with E-state index in [1.165, 1.54) is 38.5 Å². The second-order valence-electron chi connectivity index (χ2n) is 8.15. The molecule has 0 atom stereocenters. The van der Waals surface area contributed by atoms with E-state index in [0.717, 1.165) is 25.8 Å². The van der Waals surface area contributed by atoms with Gasteiger partial charge in [0, 0.05) is 16.3 Å². The SMILES string of the molecule is CCCCCCCCSc1ccc2cc([S+](c3ccccc3)c3ccccc3)c(=O)oc2c1. The molecule has 33 heavy (non-hydrogen) atoms. The zero-order chi connectivity index (χ0) is 22.9. The van der Waals surface area contributed by atoms with Crippen molar-refractivity contribution in [3.63, 3.8) is 0 Å². The maximum Gasteiger partial charge on any atom is 0.393 e. The Bertz CT molecular complexity index is 1160. The number of hydrogen-bond acceptors (Lipinski definition) is 3. The van der Waals surface area contributed by atoms with Crippen LogP contribution in [0.3, 0.4) is 0 Å². The number of rotatable bonds is 11. The van der Waals surface area contributed by atoms with Crippen LogP contribution >= 0.6 is 11.8 Å². The highest BCUT2D eigenvalue weighted by molar-refractivity contribution is 7.99. The number of fused-ring (bicyclic) bond motifs is 1. The van der Waals surface area contributed by atoms with Gasteiger partial charge in [-0.3, -0.25) is 0 Å². The highest BCUT2D eigenvalue weighted by atomic mass is 32.2. The molecule has 4 heteroatoms. The summed E-state index contributed by atoms with van der Waals surface area (Å²) in [4.78, 5) is 17.2. The average molecular weight is 476 g/mol. The lowest BCUT2D eigenvalue weighted by Crippen LogP contribution is -2.15. The predicted octanol–water partition coefficient (Wildman–Crippen LogP) is 8.34. The summed E-state index contributed by atoms with van der Waals surface area (Å²) in [6.07, 6.45) is 7.82. The molecule has 0 aliphatic heterocycles. The van der Waals surface area contributed by atoms with E-state index in [1.807, 2.05) is 60.3 Å². The van der Waals surface area contributed by atoms with Crippen molar-refractivity contribution in [1.29, 1.82) is 0 Å². The van der Waals surface area contributed by atoms with Gasteiger partial charge in [-0.2, -0.15) is 0 Å². The lowest BCUT2D eigenvalue weighted by molar-refractivity contribution is 0.542. The molecule has 0 spiro atoms. The molecular weight excluding hydrogens is 444 g/mol. The van der Waals surface area contributed by atoms with Crippen LogP contribution in [0.5, 0.6) is 0 Å². The highest BCUT2D eigenvalue weighted by Gasteiger charge is 2.32. The third-order valence-corrected chi connectivity index (χ3v) is 8.91. The van der Waals surface area contributed by atoms with E-state index in [1.54, 1.807) is 0 Å². The fraction of sp³-hybridized carbons (Fsp3) is 0.276. The smallest absolute Gasteiger partial charge is 0.393 e. The van der Waals surface area contributed by atoms with Crippen molar-refractivity contribution < 1.29 is 4.42 Å². The number of thioether (sulfide) groups is 1. The van der Waals surface area contributed by atoms with Crippen molar-refractivity contribution in [2.45, 2.75) is 65.0 Å². The fourth-order valence-corrected chi connectivity index (χ4v) is 6.91. The Morgan fingerprint density at radius 3 is 2.06 bits per heavy atom.